The molecule has 8 heteroatoms. The first kappa shape index (κ1) is 17.0. The first-order chi connectivity index (χ1) is 11.9. The largest absolute Gasteiger partial charge is 0.447 e. The van der Waals surface area contributed by atoms with Gasteiger partial charge in [-0.3, -0.25) is 14.4 Å². The third-order valence-electron chi connectivity index (χ3n) is 3.76. The summed E-state index contributed by atoms with van der Waals surface area (Å²) in [7, 11) is -3.76. The molecule has 7 nitrogen and oxygen atoms in total. The number of carbonyl (C=O) groups is 2. The summed E-state index contributed by atoms with van der Waals surface area (Å²) in [5, 5.41) is 0. The zero-order valence-electron chi connectivity index (χ0n) is 13.4. The van der Waals surface area contributed by atoms with E-state index in [4.69, 9.17) is 4.74 Å². The minimum absolute atomic E-state index is 0.0599. The molecule has 25 heavy (non-hydrogen) atoms. The molecule has 1 N–H and O–H groups in total. The normalized spacial score (nSPS) is 14.3. The molecule has 0 atom stereocenters. The third-order valence-corrected chi connectivity index (χ3v) is 5.16. The quantitative estimate of drug-likeness (QED) is 0.828. The van der Waals surface area contributed by atoms with Gasteiger partial charge in [-0.25, -0.2) is 13.2 Å². The maximum Gasteiger partial charge on any atom is 0.414 e. The number of benzene rings is 2. The third kappa shape index (κ3) is 3.63. The van der Waals surface area contributed by atoms with E-state index in [0.717, 1.165) is 0 Å². The number of nitrogens with one attached hydrogen (secondary N) is 1. The van der Waals surface area contributed by atoms with Gasteiger partial charge in [-0.05, 0) is 43.3 Å². The van der Waals surface area contributed by atoms with Gasteiger partial charge in [-0.15, -0.1) is 0 Å². The predicted molar refractivity (Wildman–Crippen MR) is 92.4 cm³/mol. The van der Waals surface area contributed by atoms with Gasteiger partial charge in [-0.2, -0.15) is 0 Å². The first-order valence-corrected chi connectivity index (χ1v) is 9.03. The highest BCUT2D eigenvalue weighted by molar-refractivity contribution is 7.92. The predicted octanol–water partition coefficient (Wildman–Crippen LogP) is 2.65. The molecule has 1 aliphatic heterocycles. The zero-order chi connectivity index (χ0) is 18.0. The number of ether oxygens (including phenoxy) is 1. The molecule has 0 radical (unpaired) electrons. The van der Waals surface area contributed by atoms with E-state index in [1.807, 2.05) is 0 Å². The Morgan fingerprint density at radius 1 is 1.08 bits per heavy atom. The Morgan fingerprint density at radius 2 is 1.72 bits per heavy atom. The molecule has 3 rings (SSSR count). The molecule has 1 amide bonds. The molecule has 2 aromatic rings. The summed E-state index contributed by atoms with van der Waals surface area (Å²) >= 11 is 0. The second-order valence-electron chi connectivity index (χ2n) is 5.50. The molecular formula is C17H16N2O5S. The van der Waals surface area contributed by atoms with Gasteiger partial charge in [0.25, 0.3) is 10.0 Å². The number of carbonyl (C=O) groups excluding carboxylic acids is 2. The number of amides is 1. The van der Waals surface area contributed by atoms with Gasteiger partial charge in [0.1, 0.15) is 6.61 Å². The number of rotatable bonds is 5. The summed E-state index contributed by atoms with van der Waals surface area (Å²) < 4.78 is 32.1. The lowest BCUT2D eigenvalue weighted by Crippen LogP contribution is -2.23. The van der Waals surface area contributed by atoms with Crippen LogP contribution in [0.2, 0.25) is 0 Å². The molecule has 0 spiro atoms. The second-order valence-corrected chi connectivity index (χ2v) is 7.18. The smallest absolute Gasteiger partial charge is 0.414 e. The summed E-state index contributed by atoms with van der Waals surface area (Å²) in [6.45, 7) is 2.22. The first-order valence-electron chi connectivity index (χ1n) is 7.55. The number of anilines is 2. The van der Waals surface area contributed by atoms with Crippen LogP contribution in [0.4, 0.5) is 16.2 Å². The Balaban J connectivity index is 1.76. The molecule has 130 valence electrons. The molecule has 1 aliphatic rings. The van der Waals surface area contributed by atoms with Crippen molar-refractivity contribution in [2.45, 2.75) is 11.8 Å². The van der Waals surface area contributed by atoms with Crippen molar-refractivity contribution in [2.75, 3.05) is 22.8 Å². The van der Waals surface area contributed by atoms with Crippen LogP contribution in [0.1, 0.15) is 17.3 Å². The number of hydrogen-bond donors (Lipinski definition) is 1. The van der Waals surface area contributed by atoms with Crippen LogP contribution in [0, 0.1) is 0 Å². The fraction of sp³-hybridized carbons (Fsp3) is 0.176. The van der Waals surface area contributed by atoms with Gasteiger partial charge < -0.3 is 4.74 Å². The highest BCUT2D eigenvalue weighted by Crippen LogP contribution is 2.23. The van der Waals surface area contributed by atoms with E-state index >= 15 is 0 Å². The molecule has 2 aromatic carbocycles. The molecule has 0 saturated carbocycles. The minimum Gasteiger partial charge on any atom is -0.447 e. The monoisotopic (exact) mass is 360 g/mol. The lowest BCUT2D eigenvalue weighted by molar-refractivity contribution is 0.101. The Kier molecular flexibility index (Phi) is 4.45. The van der Waals surface area contributed by atoms with Crippen LogP contribution in [0.5, 0.6) is 0 Å². The van der Waals surface area contributed by atoms with Crippen molar-refractivity contribution in [3.63, 3.8) is 0 Å². The van der Waals surface area contributed by atoms with Crippen LogP contribution in [0.3, 0.4) is 0 Å². The standard InChI is InChI=1S/C17H16N2O5S/c1-12(20)13-2-8-16(9-3-13)25(22,23)18-14-4-6-15(7-5-14)19-10-11-24-17(19)21/h2-9,18H,10-11H2,1H3. The molecule has 1 heterocycles. The average Bonchev–Trinajstić information content (AvgIpc) is 3.01. The summed E-state index contributed by atoms with van der Waals surface area (Å²) in [4.78, 5) is 24.3. The van der Waals surface area contributed by atoms with Gasteiger partial charge in [0.15, 0.2) is 5.78 Å². The number of sulfonamides is 1. The van der Waals surface area contributed by atoms with Crippen LogP contribution in [-0.4, -0.2) is 33.4 Å². The fourth-order valence-electron chi connectivity index (χ4n) is 2.42. The van der Waals surface area contributed by atoms with E-state index in [1.54, 1.807) is 24.3 Å². The van der Waals surface area contributed by atoms with Crippen LogP contribution in [-0.2, 0) is 14.8 Å². The van der Waals surface area contributed by atoms with E-state index in [-0.39, 0.29) is 10.7 Å². The highest BCUT2D eigenvalue weighted by Gasteiger charge is 2.23. The molecule has 1 saturated heterocycles. The van der Waals surface area contributed by atoms with Crippen molar-refractivity contribution in [2.24, 2.45) is 0 Å². The average molecular weight is 360 g/mol. The molecule has 1 fully saturated rings. The van der Waals surface area contributed by atoms with Crippen molar-refractivity contribution in [3.05, 3.63) is 54.1 Å². The lowest BCUT2D eigenvalue weighted by Gasteiger charge is -2.14. The highest BCUT2D eigenvalue weighted by atomic mass is 32.2. The summed E-state index contributed by atoms with van der Waals surface area (Å²) in [5.41, 5.74) is 1.45. The lowest BCUT2D eigenvalue weighted by atomic mass is 10.2. The van der Waals surface area contributed by atoms with Gasteiger partial charge in [-0.1, -0.05) is 12.1 Å². The van der Waals surface area contributed by atoms with Crippen LogP contribution in [0.25, 0.3) is 0 Å². The Bertz CT molecular complexity index is 905. The van der Waals surface area contributed by atoms with E-state index in [0.29, 0.717) is 30.1 Å². The van der Waals surface area contributed by atoms with Crippen molar-refractivity contribution >= 4 is 33.3 Å². The maximum atomic E-state index is 12.4. The van der Waals surface area contributed by atoms with Crippen molar-refractivity contribution in [3.8, 4) is 0 Å². The van der Waals surface area contributed by atoms with Gasteiger partial charge in [0, 0.05) is 16.9 Å². The van der Waals surface area contributed by atoms with Crippen molar-refractivity contribution in [1.29, 1.82) is 0 Å². The number of nitrogens with zero attached hydrogens (tertiary/aromatic N) is 1. The van der Waals surface area contributed by atoms with Gasteiger partial charge in [0.05, 0.1) is 11.4 Å². The van der Waals surface area contributed by atoms with E-state index in [1.165, 1.54) is 36.1 Å². The summed E-state index contributed by atoms with van der Waals surface area (Å²) in [6.07, 6.45) is -0.418. The SMILES string of the molecule is CC(=O)c1ccc(S(=O)(=O)Nc2ccc(N3CCOC3=O)cc2)cc1. The second kappa shape index (κ2) is 6.56. The minimum atomic E-state index is -3.76. The van der Waals surface area contributed by atoms with Gasteiger partial charge in [0.2, 0.25) is 0 Å². The topological polar surface area (TPSA) is 92.8 Å². The van der Waals surface area contributed by atoms with E-state index in [2.05, 4.69) is 4.72 Å². The Morgan fingerprint density at radius 3 is 2.24 bits per heavy atom. The van der Waals surface area contributed by atoms with Crippen LogP contribution in [0.15, 0.2) is 53.4 Å². The number of hydrogen-bond acceptors (Lipinski definition) is 5. The van der Waals surface area contributed by atoms with E-state index in [9.17, 15) is 18.0 Å². The summed E-state index contributed by atoms with van der Waals surface area (Å²) in [5.74, 6) is -0.132. The zero-order valence-corrected chi connectivity index (χ0v) is 14.2. The molecular weight excluding hydrogens is 344 g/mol. The molecule has 0 aromatic heterocycles. The van der Waals surface area contributed by atoms with Crippen LogP contribution >= 0.6 is 0 Å². The van der Waals surface area contributed by atoms with Crippen molar-refractivity contribution in [1.82, 2.24) is 0 Å². The fourth-order valence-corrected chi connectivity index (χ4v) is 3.48. The van der Waals surface area contributed by atoms with E-state index < -0.39 is 16.1 Å². The number of Topliss-reactive ketones (excluding diaryl/α,β-unsaturated/α-hetero) is 1. The Labute approximate surface area is 145 Å². The number of ketones is 1. The van der Waals surface area contributed by atoms with Gasteiger partial charge >= 0.3 is 6.09 Å². The number of cyclic esters (lactones) is 1. The molecule has 0 bridgehead atoms. The molecule has 0 aliphatic carbocycles. The Hall–Kier alpha value is -2.87. The molecule has 0 unspecified atom stereocenters. The van der Waals surface area contributed by atoms with Crippen LogP contribution < -0.4 is 9.62 Å². The maximum absolute atomic E-state index is 12.4. The summed E-state index contributed by atoms with van der Waals surface area (Å²) in [6, 6.07) is 12.1. The van der Waals surface area contributed by atoms with Crippen molar-refractivity contribution < 1.29 is 22.7 Å².